The van der Waals surface area contributed by atoms with Gasteiger partial charge in [-0.25, -0.2) is 4.39 Å². The number of rotatable bonds is 13. The zero-order chi connectivity index (χ0) is 23.0. The number of carboxylic acid groups (broad SMARTS) is 1. The van der Waals surface area contributed by atoms with E-state index in [0.29, 0.717) is 18.9 Å². The van der Waals surface area contributed by atoms with Gasteiger partial charge in [-0.2, -0.15) is 0 Å². The fraction of sp³-hybridized carbons (Fsp3) is 0.593. The van der Waals surface area contributed by atoms with E-state index in [4.69, 9.17) is 9.84 Å². The molecule has 0 unspecified atom stereocenters. The van der Waals surface area contributed by atoms with Gasteiger partial charge in [0.15, 0.2) is 0 Å². The van der Waals surface area contributed by atoms with Crippen molar-refractivity contribution >= 4 is 5.97 Å². The van der Waals surface area contributed by atoms with Crippen LogP contribution in [0.1, 0.15) is 70.3 Å². The third kappa shape index (κ3) is 6.08. The number of halogens is 1. The third-order valence-electron chi connectivity index (χ3n) is 7.12. The second-order valence-electron chi connectivity index (χ2n) is 9.34. The second kappa shape index (κ2) is 11.8. The smallest absolute Gasteiger partial charge is 0.303 e. The average Bonchev–Trinajstić information content (AvgIpc) is 3.33. The van der Waals surface area contributed by atoms with E-state index < -0.39 is 12.1 Å². The minimum Gasteiger partial charge on any atom is -0.481 e. The number of aliphatic hydroxyl groups excluding tert-OH is 1. The topological polar surface area (TPSA) is 66.8 Å². The Hall–Kier alpha value is -1.98. The van der Waals surface area contributed by atoms with E-state index in [0.717, 1.165) is 50.5 Å². The van der Waals surface area contributed by atoms with E-state index in [-0.39, 0.29) is 29.7 Å². The molecule has 5 atom stereocenters. The summed E-state index contributed by atoms with van der Waals surface area (Å²) in [6.07, 6.45) is 15.4. The van der Waals surface area contributed by atoms with Gasteiger partial charge < -0.3 is 14.9 Å². The zero-order valence-corrected chi connectivity index (χ0v) is 19.1. The third-order valence-corrected chi connectivity index (χ3v) is 7.12. The molecule has 2 fully saturated rings. The monoisotopic (exact) mass is 444 g/mol. The Morgan fingerprint density at radius 1 is 1.25 bits per heavy atom. The SMILES string of the molecule is CCCCC[C@@H](O)/C=C/[C@@H]1[C@@H](C/C=C\CCCC(=O)O)[C@@]2(c3ccc(F)cc3)CO[C@@H]1C2. The van der Waals surface area contributed by atoms with Crippen molar-refractivity contribution in [3.8, 4) is 0 Å². The van der Waals surface area contributed by atoms with Gasteiger partial charge in [-0.15, -0.1) is 0 Å². The van der Waals surface area contributed by atoms with Crippen LogP contribution in [0.5, 0.6) is 0 Å². The van der Waals surface area contributed by atoms with Crippen molar-refractivity contribution in [2.24, 2.45) is 11.8 Å². The number of hydrogen-bond donors (Lipinski definition) is 2. The van der Waals surface area contributed by atoms with Crippen LogP contribution in [0, 0.1) is 17.7 Å². The van der Waals surface area contributed by atoms with Gasteiger partial charge in [0, 0.05) is 17.8 Å². The van der Waals surface area contributed by atoms with E-state index in [1.165, 1.54) is 12.1 Å². The van der Waals surface area contributed by atoms with Crippen molar-refractivity contribution in [3.05, 3.63) is 60.0 Å². The lowest BCUT2D eigenvalue weighted by atomic mass is 9.69. The molecule has 1 saturated heterocycles. The molecule has 1 saturated carbocycles. The van der Waals surface area contributed by atoms with Crippen molar-refractivity contribution < 1.29 is 24.1 Å². The number of fused-ring (bicyclic) bond motifs is 2. The highest BCUT2D eigenvalue weighted by Crippen LogP contribution is 2.57. The van der Waals surface area contributed by atoms with Crippen LogP contribution in [0.2, 0.25) is 0 Å². The molecule has 0 radical (unpaired) electrons. The lowest BCUT2D eigenvalue weighted by molar-refractivity contribution is -0.137. The summed E-state index contributed by atoms with van der Waals surface area (Å²) in [5.41, 5.74) is 0.955. The molecule has 5 heteroatoms. The Kier molecular flexibility index (Phi) is 9.06. The number of allylic oxidation sites excluding steroid dienone is 2. The average molecular weight is 445 g/mol. The molecule has 1 aliphatic carbocycles. The molecular formula is C27H37FO4. The maximum atomic E-state index is 13.6. The predicted molar refractivity (Wildman–Crippen MR) is 124 cm³/mol. The Morgan fingerprint density at radius 3 is 2.75 bits per heavy atom. The first-order chi connectivity index (χ1) is 15.5. The van der Waals surface area contributed by atoms with Crippen LogP contribution in [0.3, 0.4) is 0 Å². The molecule has 3 rings (SSSR count). The number of ether oxygens (including phenoxy) is 1. The lowest BCUT2D eigenvalue weighted by Crippen LogP contribution is -2.39. The van der Waals surface area contributed by atoms with Crippen molar-refractivity contribution in [1.82, 2.24) is 0 Å². The predicted octanol–water partition coefficient (Wildman–Crippen LogP) is 5.80. The first-order valence-corrected chi connectivity index (χ1v) is 12.1. The number of unbranched alkanes of at least 4 members (excludes halogenated alkanes) is 3. The highest BCUT2D eigenvalue weighted by molar-refractivity contribution is 5.66. The largest absolute Gasteiger partial charge is 0.481 e. The molecule has 1 aromatic carbocycles. The molecule has 2 bridgehead atoms. The summed E-state index contributed by atoms with van der Waals surface area (Å²) in [5.74, 6) is -0.512. The van der Waals surface area contributed by atoms with Gasteiger partial charge in [-0.3, -0.25) is 4.79 Å². The molecule has 176 valence electrons. The van der Waals surface area contributed by atoms with Crippen LogP contribution >= 0.6 is 0 Å². The second-order valence-corrected chi connectivity index (χ2v) is 9.34. The standard InChI is InChI=1S/C27H37FO4/c1-2-3-6-9-22(29)16-17-23-24(10-7-4-5-8-11-26(30)31)27(18-25(23)32-19-27)20-12-14-21(28)15-13-20/h4,7,12-17,22-25,29H,2-3,5-6,8-11,18-19H2,1H3,(H,30,31)/b7-4-,17-16+/t22-,23-,24-,25-,27-/m1/s1. The number of aliphatic hydroxyl groups is 1. The van der Waals surface area contributed by atoms with Gasteiger partial charge >= 0.3 is 5.97 Å². The first kappa shape index (κ1) is 24.7. The van der Waals surface area contributed by atoms with Gasteiger partial charge in [0.05, 0.1) is 18.8 Å². The fourth-order valence-corrected chi connectivity index (χ4v) is 5.39. The molecule has 2 N–H and O–H groups in total. The minimum absolute atomic E-state index is 0.101. The lowest BCUT2D eigenvalue weighted by Gasteiger charge is -2.38. The van der Waals surface area contributed by atoms with Crippen LogP contribution in [0.15, 0.2) is 48.6 Å². The molecule has 32 heavy (non-hydrogen) atoms. The Labute approximate surface area is 191 Å². The molecular weight excluding hydrogens is 407 g/mol. The van der Waals surface area contributed by atoms with Gasteiger partial charge in [-0.05, 0) is 55.7 Å². The van der Waals surface area contributed by atoms with Gasteiger partial charge in [0.2, 0.25) is 0 Å². The molecule has 0 amide bonds. The van der Waals surface area contributed by atoms with E-state index in [1.807, 2.05) is 18.2 Å². The van der Waals surface area contributed by atoms with E-state index in [9.17, 15) is 14.3 Å². The van der Waals surface area contributed by atoms with Gasteiger partial charge in [0.25, 0.3) is 0 Å². The van der Waals surface area contributed by atoms with Crippen LogP contribution in [-0.2, 0) is 14.9 Å². The van der Waals surface area contributed by atoms with Gasteiger partial charge in [-0.1, -0.05) is 62.6 Å². The van der Waals surface area contributed by atoms with E-state index in [1.54, 1.807) is 0 Å². The summed E-state index contributed by atoms with van der Waals surface area (Å²) >= 11 is 0. The number of hydrogen-bond acceptors (Lipinski definition) is 3. The van der Waals surface area contributed by atoms with Crippen LogP contribution in [-0.4, -0.2) is 35.0 Å². The molecule has 2 aliphatic rings. The maximum Gasteiger partial charge on any atom is 0.303 e. The Bertz CT molecular complexity index is 787. The van der Waals surface area contributed by atoms with Crippen LogP contribution < -0.4 is 0 Å². The number of carbonyl (C=O) groups is 1. The summed E-state index contributed by atoms with van der Waals surface area (Å²) in [6.45, 7) is 2.79. The number of carboxylic acids is 1. The molecule has 1 aliphatic heterocycles. The van der Waals surface area contributed by atoms with Gasteiger partial charge in [0.1, 0.15) is 5.82 Å². The van der Waals surface area contributed by atoms with Crippen LogP contribution in [0.4, 0.5) is 4.39 Å². The summed E-state index contributed by atoms with van der Waals surface area (Å²) in [7, 11) is 0. The Balaban J connectivity index is 1.74. The summed E-state index contributed by atoms with van der Waals surface area (Å²) in [4.78, 5) is 10.7. The summed E-state index contributed by atoms with van der Waals surface area (Å²) in [6, 6.07) is 6.82. The van der Waals surface area contributed by atoms with Crippen molar-refractivity contribution in [2.75, 3.05) is 6.61 Å². The quantitative estimate of drug-likeness (QED) is 0.298. The van der Waals surface area contributed by atoms with Crippen molar-refractivity contribution in [1.29, 1.82) is 0 Å². The summed E-state index contributed by atoms with van der Waals surface area (Å²) in [5, 5.41) is 19.2. The zero-order valence-electron chi connectivity index (χ0n) is 19.1. The maximum absolute atomic E-state index is 13.6. The normalized spacial score (nSPS) is 28.2. The molecule has 1 aromatic rings. The van der Waals surface area contributed by atoms with Crippen molar-refractivity contribution in [2.45, 2.75) is 82.3 Å². The molecule has 0 spiro atoms. The van der Waals surface area contributed by atoms with Crippen molar-refractivity contribution in [3.63, 3.8) is 0 Å². The molecule has 1 heterocycles. The highest BCUT2D eigenvalue weighted by Gasteiger charge is 2.58. The fourth-order valence-electron chi connectivity index (χ4n) is 5.39. The van der Waals surface area contributed by atoms with E-state index in [2.05, 4.69) is 25.2 Å². The highest BCUT2D eigenvalue weighted by atomic mass is 19.1. The summed E-state index contributed by atoms with van der Waals surface area (Å²) < 4.78 is 19.7. The van der Waals surface area contributed by atoms with E-state index >= 15 is 0 Å². The first-order valence-electron chi connectivity index (χ1n) is 12.1. The number of benzene rings is 1. The number of aliphatic carboxylic acids is 1. The molecule has 0 aromatic heterocycles. The molecule has 4 nitrogen and oxygen atoms in total. The van der Waals surface area contributed by atoms with Crippen LogP contribution in [0.25, 0.3) is 0 Å². The Morgan fingerprint density at radius 2 is 2.03 bits per heavy atom. The minimum atomic E-state index is -0.762.